The smallest absolute Gasteiger partial charge is 0.428 e. The minimum Gasteiger partial charge on any atom is -0.497 e. The summed E-state index contributed by atoms with van der Waals surface area (Å²) in [7, 11) is 1.60. The van der Waals surface area contributed by atoms with Crippen molar-refractivity contribution >= 4 is 23.6 Å². The molecular weight excluding hydrogens is 276 g/mol. The molecule has 0 aliphatic carbocycles. The van der Waals surface area contributed by atoms with Gasteiger partial charge in [-0.3, -0.25) is 0 Å². The second-order valence-electron chi connectivity index (χ2n) is 3.81. The summed E-state index contributed by atoms with van der Waals surface area (Å²) in [4.78, 5) is 12.4. The summed E-state index contributed by atoms with van der Waals surface area (Å²) in [6.45, 7) is 0.185. The van der Waals surface area contributed by atoms with Gasteiger partial charge in [0, 0.05) is 4.88 Å². The van der Waals surface area contributed by atoms with E-state index in [4.69, 9.17) is 9.47 Å². The van der Waals surface area contributed by atoms with Gasteiger partial charge in [-0.25, -0.2) is 10.2 Å². The van der Waals surface area contributed by atoms with E-state index in [1.54, 1.807) is 13.3 Å². The fourth-order valence-corrected chi connectivity index (χ4v) is 2.00. The largest absolute Gasteiger partial charge is 0.497 e. The number of hydrogen-bond donors (Lipinski definition) is 1. The van der Waals surface area contributed by atoms with Crippen LogP contribution >= 0.6 is 11.3 Å². The average Bonchev–Trinajstić information content (AvgIpc) is 2.99. The molecule has 0 aliphatic rings. The molecule has 5 nitrogen and oxygen atoms in total. The molecule has 0 bridgehead atoms. The first-order valence-electron chi connectivity index (χ1n) is 5.90. The first-order valence-corrected chi connectivity index (χ1v) is 6.78. The normalized spacial score (nSPS) is 10.4. The molecule has 2 aromatic rings. The molecular formula is C14H14N2O3S. The Morgan fingerprint density at radius 2 is 2.15 bits per heavy atom. The lowest BCUT2D eigenvalue weighted by Gasteiger charge is -2.04. The number of carbonyl (C=O) groups is 1. The van der Waals surface area contributed by atoms with Crippen LogP contribution in [0.4, 0.5) is 4.79 Å². The number of rotatable bonds is 5. The molecule has 1 aromatic heterocycles. The monoisotopic (exact) mass is 290 g/mol. The molecule has 0 unspecified atom stereocenters. The van der Waals surface area contributed by atoms with E-state index in [1.807, 2.05) is 41.8 Å². The van der Waals surface area contributed by atoms with Gasteiger partial charge in [-0.05, 0) is 29.1 Å². The summed E-state index contributed by atoms with van der Waals surface area (Å²) >= 11 is 1.53. The number of nitrogens with one attached hydrogen (secondary N) is 1. The zero-order chi connectivity index (χ0) is 14.2. The van der Waals surface area contributed by atoms with Crippen LogP contribution in [0.2, 0.25) is 0 Å². The van der Waals surface area contributed by atoms with Crippen molar-refractivity contribution in [3.8, 4) is 5.75 Å². The van der Waals surface area contributed by atoms with Crippen LogP contribution in [0.5, 0.6) is 5.75 Å². The number of carbonyl (C=O) groups excluding carboxylic acids is 1. The van der Waals surface area contributed by atoms with Gasteiger partial charge >= 0.3 is 6.09 Å². The fraction of sp³-hybridized carbons (Fsp3) is 0.143. The number of nitrogens with zero attached hydrogens (tertiary/aromatic N) is 1. The minimum atomic E-state index is -0.589. The van der Waals surface area contributed by atoms with Crippen molar-refractivity contribution in [2.75, 3.05) is 7.11 Å². The van der Waals surface area contributed by atoms with E-state index in [0.717, 1.165) is 16.2 Å². The average molecular weight is 290 g/mol. The van der Waals surface area contributed by atoms with Crippen molar-refractivity contribution < 1.29 is 14.3 Å². The van der Waals surface area contributed by atoms with Crippen LogP contribution in [0, 0.1) is 0 Å². The third-order valence-electron chi connectivity index (χ3n) is 2.42. The Balaban J connectivity index is 1.74. The minimum absolute atomic E-state index is 0.185. The molecule has 104 valence electrons. The summed E-state index contributed by atoms with van der Waals surface area (Å²) in [5.41, 5.74) is 3.18. The summed E-state index contributed by atoms with van der Waals surface area (Å²) < 4.78 is 10.1. The predicted octanol–water partition coefficient (Wildman–Crippen LogP) is 3.02. The van der Waals surface area contributed by atoms with Gasteiger partial charge in [0.2, 0.25) is 0 Å². The Labute approximate surface area is 120 Å². The van der Waals surface area contributed by atoms with Gasteiger partial charge in [-0.15, -0.1) is 11.3 Å². The zero-order valence-electron chi connectivity index (χ0n) is 10.9. The maximum absolute atomic E-state index is 11.4. The van der Waals surface area contributed by atoms with Gasteiger partial charge in [-0.1, -0.05) is 18.2 Å². The molecule has 2 rings (SSSR count). The standard InChI is InChI=1S/C14H14N2O3S/c1-18-12-6-4-11(5-7-12)10-19-14(17)16-15-9-13-3-2-8-20-13/h2-9H,10H2,1H3,(H,16,17)/b15-9+. The van der Waals surface area contributed by atoms with E-state index >= 15 is 0 Å². The van der Waals surface area contributed by atoms with Crippen LogP contribution in [0.3, 0.4) is 0 Å². The number of methoxy groups -OCH3 is 1. The van der Waals surface area contributed by atoms with Gasteiger partial charge in [0.1, 0.15) is 12.4 Å². The van der Waals surface area contributed by atoms with E-state index in [2.05, 4.69) is 10.5 Å². The number of ether oxygens (including phenoxy) is 2. The molecule has 20 heavy (non-hydrogen) atoms. The van der Waals surface area contributed by atoms with E-state index in [0.29, 0.717) is 0 Å². The van der Waals surface area contributed by atoms with Crippen LogP contribution in [-0.4, -0.2) is 19.4 Å². The highest BCUT2D eigenvalue weighted by atomic mass is 32.1. The van der Waals surface area contributed by atoms with E-state index < -0.39 is 6.09 Å². The van der Waals surface area contributed by atoms with Gasteiger partial charge < -0.3 is 9.47 Å². The Kier molecular flexibility index (Phi) is 5.14. The van der Waals surface area contributed by atoms with Crippen LogP contribution in [0.1, 0.15) is 10.4 Å². The number of hydrogen-bond acceptors (Lipinski definition) is 5. The molecule has 0 atom stereocenters. The van der Waals surface area contributed by atoms with Gasteiger partial charge in [-0.2, -0.15) is 5.10 Å². The van der Waals surface area contributed by atoms with E-state index in [-0.39, 0.29) is 6.61 Å². The Morgan fingerprint density at radius 3 is 2.80 bits per heavy atom. The molecule has 6 heteroatoms. The first kappa shape index (κ1) is 14.1. The lowest BCUT2D eigenvalue weighted by Crippen LogP contribution is -2.18. The van der Waals surface area contributed by atoms with Crippen LogP contribution in [-0.2, 0) is 11.3 Å². The molecule has 0 spiro atoms. The van der Waals surface area contributed by atoms with Crippen LogP contribution in [0.15, 0.2) is 46.9 Å². The second-order valence-corrected chi connectivity index (χ2v) is 4.79. The maximum atomic E-state index is 11.4. The molecule has 0 fully saturated rings. The van der Waals surface area contributed by atoms with Crippen LogP contribution < -0.4 is 10.2 Å². The lowest BCUT2D eigenvalue weighted by molar-refractivity contribution is 0.140. The highest BCUT2D eigenvalue weighted by molar-refractivity contribution is 7.11. The van der Waals surface area contributed by atoms with Gasteiger partial charge in [0.05, 0.1) is 13.3 Å². The van der Waals surface area contributed by atoms with Crippen molar-refractivity contribution in [3.05, 3.63) is 52.2 Å². The van der Waals surface area contributed by atoms with Crippen molar-refractivity contribution in [2.45, 2.75) is 6.61 Å². The SMILES string of the molecule is COc1ccc(COC(=O)N/N=C/c2cccs2)cc1. The molecule has 1 N–H and O–H groups in total. The maximum Gasteiger partial charge on any atom is 0.428 e. The van der Waals surface area contributed by atoms with Crippen molar-refractivity contribution in [1.29, 1.82) is 0 Å². The molecule has 1 heterocycles. The Bertz CT molecular complexity index is 565. The summed E-state index contributed by atoms with van der Waals surface area (Å²) in [5.74, 6) is 0.763. The second kappa shape index (κ2) is 7.30. The third-order valence-corrected chi connectivity index (χ3v) is 3.23. The van der Waals surface area contributed by atoms with Crippen molar-refractivity contribution in [1.82, 2.24) is 5.43 Å². The molecule has 0 saturated heterocycles. The molecule has 0 saturated carbocycles. The number of amides is 1. The van der Waals surface area contributed by atoms with Crippen molar-refractivity contribution in [3.63, 3.8) is 0 Å². The first-order chi connectivity index (χ1) is 9.78. The van der Waals surface area contributed by atoms with E-state index in [1.165, 1.54) is 11.3 Å². The Hall–Kier alpha value is -2.34. The highest BCUT2D eigenvalue weighted by Gasteiger charge is 2.01. The van der Waals surface area contributed by atoms with Gasteiger partial charge in [0.25, 0.3) is 0 Å². The van der Waals surface area contributed by atoms with E-state index in [9.17, 15) is 4.79 Å². The van der Waals surface area contributed by atoms with Crippen LogP contribution in [0.25, 0.3) is 0 Å². The highest BCUT2D eigenvalue weighted by Crippen LogP contribution is 2.11. The summed E-state index contributed by atoms with van der Waals surface area (Å²) in [6.07, 6.45) is 0.980. The number of hydrazone groups is 1. The van der Waals surface area contributed by atoms with Gasteiger partial charge in [0.15, 0.2) is 0 Å². The lowest BCUT2D eigenvalue weighted by atomic mass is 10.2. The molecule has 1 amide bonds. The quantitative estimate of drug-likeness (QED) is 0.680. The number of benzene rings is 1. The third kappa shape index (κ3) is 4.40. The molecule has 0 radical (unpaired) electrons. The fourth-order valence-electron chi connectivity index (χ4n) is 1.42. The summed E-state index contributed by atoms with van der Waals surface area (Å²) in [6, 6.07) is 11.1. The predicted molar refractivity (Wildman–Crippen MR) is 78.2 cm³/mol. The zero-order valence-corrected chi connectivity index (χ0v) is 11.7. The Morgan fingerprint density at radius 1 is 1.35 bits per heavy atom. The van der Waals surface area contributed by atoms with Crippen molar-refractivity contribution in [2.24, 2.45) is 5.10 Å². The topological polar surface area (TPSA) is 59.9 Å². The summed E-state index contributed by atoms with van der Waals surface area (Å²) in [5, 5.41) is 5.73. The molecule has 1 aromatic carbocycles. The number of thiophene rings is 1. The molecule has 0 aliphatic heterocycles.